The Balaban J connectivity index is 2.33. The first-order valence-corrected chi connectivity index (χ1v) is 6.37. The van der Waals surface area contributed by atoms with Gasteiger partial charge in [0.15, 0.2) is 0 Å². The molecule has 0 spiro atoms. The van der Waals surface area contributed by atoms with Crippen LogP contribution in [0.2, 0.25) is 0 Å². The smallest absolute Gasteiger partial charge is 0.133 e. The molecular formula is C15H18FN3. The standard InChI is InChI=1S/C15H18FN3/c1-3-19(14-6-4-5-13(16)10-14)15-9-12(11-17-2)7-8-18-15/h4-10,17H,3,11H2,1-2H3. The maximum atomic E-state index is 13.3. The molecule has 2 aromatic rings. The Hall–Kier alpha value is -1.94. The van der Waals surface area contributed by atoms with Crippen molar-refractivity contribution in [3.8, 4) is 0 Å². The summed E-state index contributed by atoms with van der Waals surface area (Å²) in [6, 6.07) is 10.6. The van der Waals surface area contributed by atoms with Gasteiger partial charge in [0.2, 0.25) is 0 Å². The lowest BCUT2D eigenvalue weighted by atomic mass is 10.2. The average molecular weight is 259 g/mol. The van der Waals surface area contributed by atoms with Gasteiger partial charge in [0.25, 0.3) is 0 Å². The van der Waals surface area contributed by atoms with Gasteiger partial charge in [-0.3, -0.25) is 0 Å². The molecule has 0 saturated heterocycles. The van der Waals surface area contributed by atoms with Crippen molar-refractivity contribution >= 4 is 11.5 Å². The highest BCUT2D eigenvalue weighted by atomic mass is 19.1. The van der Waals surface area contributed by atoms with Crippen LogP contribution in [0.15, 0.2) is 42.6 Å². The van der Waals surface area contributed by atoms with Gasteiger partial charge in [-0.25, -0.2) is 9.37 Å². The number of halogens is 1. The first-order chi connectivity index (χ1) is 9.24. The van der Waals surface area contributed by atoms with E-state index in [0.29, 0.717) is 0 Å². The van der Waals surface area contributed by atoms with Gasteiger partial charge >= 0.3 is 0 Å². The van der Waals surface area contributed by atoms with Crippen molar-refractivity contribution in [3.05, 3.63) is 54.0 Å². The SMILES string of the molecule is CCN(c1cccc(F)c1)c1cc(CNC)ccn1. The molecule has 0 saturated carbocycles. The minimum absolute atomic E-state index is 0.234. The molecule has 0 aliphatic rings. The number of rotatable bonds is 5. The van der Waals surface area contributed by atoms with Crippen molar-refractivity contribution in [1.82, 2.24) is 10.3 Å². The predicted molar refractivity (Wildman–Crippen MR) is 76.1 cm³/mol. The van der Waals surface area contributed by atoms with Crippen LogP contribution in [0.3, 0.4) is 0 Å². The van der Waals surface area contributed by atoms with Crippen LogP contribution in [0.4, 0.5) is 15.9 Å². The van der Waals surface area contributed by atoms with E-state index in [0.717, 1.165) is 30.2 Å². The third kappa shape index (κ3) is 3.29. The van der Waals surface area contributed by atoms with Crippen molar-refractivity contribution < 1.29 is 4.39 Å². The fourth-order valence-corrected chi connectivity index (χ4v) is 2.04. The Morgan fingerprint density at radius 2 is 2.11 bits per heavy atom. The first kappa shape index (κ1) is 13.5. The topological polar surface area (TPSA) is 28.2 Å². The molecule has 3 nitrogen and oxygen atoms in total. The predicted octanol–water partition coefficient (Wildman–Crippen LogP) is 3.10. The fourth-order valence-electron chi connectivity index (χ4n) is 2.04. The summed E-state index contributed by atoms with van der Waals surface area (Å²) < 4.78 is 13.3. The van der Waals surface area contributed by atoms with Gasteiger partial charge in [-0.15, -0.1) is 0 Å². The summed E-state index contributed by atoms with van der Waals surface area (Å²) in [6.45, 7) is 3.55. The van der Waals surface area contributed by atoms with Gasteiger partial charge in [0, 0.05) is 25.0 Å². The lowest BCUT2D eigenvalue weighted by Crippen LogP contribution is -2.18. The largest absolute Gasteiger partial charge is 0.327 e. The van der Waals surface area contributed by atoms with Crippen LogP contribution in [-0.4, -0.2) is 18.6 Å². The first-order valence-electron chi connectivity index (χ1n) is 6.37. The minimum Gasteiger partial charge on any atom is -0.327 e. The van der Waals surface area contributed by atoms with Gasteiger partial charge in [0.1, 0.15) is 11.6 Å². The molecule has 0 fully saturated rings. The quantitative estimate of drug-likeness (QED) is 0.894. The fraction of sp³-hybridized carbons (Fsp3) is 0.267. The highest BCUT2D eigenvalue weighted by molar-refractivity contribution is 5.60. The molecule has 4 heteroatoms. The second-order valence-corrected chi connectivity index (χ2v) is 4.28. The van der Waals surface area contributed by atoms with Crippen LogP contribution in [0.5, 0.6) is 0 Å². The van der Waals surface area contributed by atoms with E-state index < -0.39 is 0 Å². The second kappa shape index (κ2) is 6.29. The van der Waals surface area contributed by atoms with E-state index in [1.165, 1.54) is 12.1 Å². The van der Waals surface area contributed by atoms with E-state index in [-0.39, 0.29) is 5.82 Å². The molecule has 0 unspecified atom stereocenters. The molecule has 0 bridgehead atoms. The molecule has 19 heavy (non-hydrogen) atoms. The molecule has 0 amide bonds. The van der Waals surface area contributed by atoms with Crippen LogP contribution in [0.1, 0.15) is 12.5 Å². The van der Waals surface area contributed by atoms with Crippen molar-refractivity contribution in [2.45, 2.75) is 13.5 Å². The number of benzene rings is 1. The normalized spacial score (nSPS) is 10.5. The summed E-state index contributed by atoms with van der Waals surface area (Å²) in [7, 11) is 1.91. The molecule has 1 heterocycles. The molecule has 0 atom stereocenters. The zero-order valence-corrected chi connectivity index (χ0v) is 11.2. The lowest BCUT2D eigenvalue weighted by molar-refractivity contribution is 0.627. The third-order valence-corrected chi connectivity index (χ3v) is 2.90. The van der Waals surface area contributed by atoms with Crippen molar-refractivity contribution in [1.29, 1.82) is 0 Å². The molecule has 100 valence electrons. The summed E-state index contributed by atoms with van der Waals surface area (Å²) >= 11 is 0. The van der Waals surface area contributed by atoms with Crippen LogP contribution < -0.4 is 10.2 Å². The number of aromatic nitrogens is 1. The number of hydrogen-bond acceptors (Lipinski definition) is 3. The summed E-state index contributed by atoms with van der Waals surface area (Å²) in [5.74, 6) is 0.600. The number of anilines is 2. The van der Waals surface area contributed by atoms with Gasteiger partial charge in [-0.1, -0.05) is 6.07 Å². The average Bonchev–Trinajstić information content (AvgIpc) is 2.41. The number of hydrogen-bond donors (Lipinski definition) is 1. The molecular weight excluding hydrogens is 241 g/mol. The maximum Gasteiger partial charge on any atom is 0.133 e. The van der Waals surface area contributed by atoms with Crippen molar-refractivity contribution in [2.75, 3.05) is 18.5 Å². The van der Waals surface area contributed by atoms with Gasteiger partial charge in [0.05, 0.1) is 0 Å². The summed E-state index contributed by atoms with van der Waals surface area (Å²) in [5.41, 5.74) is 1.97. The summed E-state index contributed by atoms with van der Waals surface area (Å²) in [4.78, 5) is 6.36. The maximum absolute atomic E-state index is 13.3. The van der Waals surface area contributed by atoms with E-state index in [1.807, 2.05) is 37.1 Å². The van der Waals surface area contributed by atoms with E-state index in [9.17, 15) is 4.39 Å². The van der Waals surface area contributed by atoms with Crippen LogP contribution in [0, 0.1) is 5.82 Å². The Morgan fingerprint density at radius 1 is 1.26 bits per heavy atom. The van der Waals surface area contributed by atoms with E-state index in [1.54, 1.807) is 12.3 Å². The summed E-state index contributed by atoms with van der Waals surface area (Å²) in [6.07, 6.45) is 1.78. The van der Waals surface area contributed by atoms with Gasteiger partial charge < -0.3 is 10.2 Å². The summed E-state index contributed by atoms with van der Waals surface area (Å²) in [5, 5.41) is 3.11. The second-order valence-electron chi connectivity index (χ2n) is 4.28. The Morgan fingerprint density at radius 3 is 2.79 bits per heavy atom. The van der Waals surface area contributed by atoms with Crippen molar-refractivity contribution in [2.24, 2.45) is 0 Å². The van der Waals surface area contributed by atoms with Crippen molar-refractivity contribution in [3.63, 3.8) is 0 Å². The van der Waals surface area contributed by atoms with Gasteiger partial charge in [-0.05, 0) is 49.9 Å². The van der Waals surface area contributed by atoms with Crippen LogP contribution >= 0.6 is 0 Å². The van der Waals surface area contributed by atoms with E-state index >= 15 is 0 Å². The van der Waals surface area contributed by atoms with E-state index in [2.05, 4.69) is 10.3 Å². The molecule has 1 N–H and O–H groups in total. The Bertz CT molecular complexity index is 542. The Labute approximate surface area is 113 Å². The molecule has 0 radical (unpaired) electrons. The molecule has 0 aliphatic carbocycles. The number of pyridine rings is 1. The number of nitrogens with one attached hydrogen (secondary N) is 1. The Kier molecular flexibility index (Phi) is 4.47. The highest BCUT2D eigenvalue weighted by Crippen LogP contribution is 2.24. The highest BCUT2D eigenvalue weighted by Gasteiger charge is 2.09. The molecule has 1 aromatic carbocycles. The third-order valence-electron chi connectivity index (χ3n) is 2.90. The molecule has 0 aliphatic heterocycles. The monoisotopic (exact) mass is 259 g/mol. The molecule has 2 rings (SSSR count). The lowest BCUT2D eigenvalue weighted by Gasteiger charge is -2.22. The van der Waals surface area contributed by atoms with Crippen LogP contribution in [-0.2, 0) is 6.54 Å². The zero-order valence-electron chi connectivity index (χ0n) is 11.2. The van der Waals surface area contributed by atoms with E-state index in [4.69, 9.17) is 0 Å². The molecule has 1 aromatic heterocycles. The van der Waals surface area contributed by atoms with Gasteiger partial charge in [-0.2, -0.15) is 0 Å². The minimum atomic E-state index is -0.234. The zero-order chi connectivity index (χ0) is 13.7. The number of nitrogens with zero attached hydrogens (tertiary/aromatic N) is 2. The van der Waals surface area contributed by atoms with Crippen LogP contribution in [0.25, 0.3) is 0 Å².